The van der Waals surface area contributed by atoms with Crippen LogP contribution in [0.15, 0.2) is 54.6 Å². The number of aromatic nitrogens is 1. The monoisotopic (exact) mass is 421 g/mol. The minimum Gasteiger partial charge on any atom is -0.507 e. The number of amides is 1. The number of aromatic hydroxyl groups is 1. The van der Waals surface area contributed by atoms with Gasteiger partial charge >= 0.3 is 0 Å². The number of phenolic OH excluding ortho intramolecular Hbond substituents is 1. The SMILES string of the molecule is CCCCCCNc1cc(-c2ccc(NC(C)=O)cc2)cc(-c2cc(F)ccc2O)n1. The number of pyridine rings is 1. The van der Waals surface area contributed by atoms with Crippen LogP contribution in [0, 0.1) is 5.82 Å². The van der Waals surface area contributed by atoms with Gasteiger partial charge in [-0.2, -0.15) is 0 Å². The number of benzene rings is 2. The van der Waals surface area contributed by atoms with E-state index in [9.17, 15) is 14.3 Å². The highest BCUT2D eigenvalue weighted by Gasteiger charge is 2.12. The van der Waals surface area contributed by atoms with E-state index in [1.54, 1.807) is 0 Å². The lowest BCUT2D eigenvalue weighted by molar-refractivity contribution is -0.114. The first-order chi connectivity index (χ1) is 15.0. The second kappa shape index (κ2) is 10.6. The molecule has 3 aromatic rings. The molecule has 0 aliphatic heterocycles. The number of hydrogen-bond acceptors (Lipinski definition) is 4. The van der Waals surface area contributed by atoms with Crippen molar-refractivity contribution in [2.45, 2.75) is 39.5 Å². The van der Waals surface area contributed by atoms with Gasteiger partial charge in [-0.05, 0) is 60.0 Å². The molecule has 31 heavy (non-hydrogen) atoms. The molecule has 0 spiro atoms. The second-order valence-electron chi connectivity index (χ2n) is 7.53. The summed E-state index contributed by atoms with van der Waals surface area (Å²) in [7, 11) is 0. The maximum Gasteiger partial charge on any atom is 0.221 e. The van der Waals surface area contributed by atoms with E-state index >= 15 is 0 Å². The molecule has 0 saturated carbocycles. The number of halogens is 1. The Morgan fingerprint density at radius 3 is 2.48 bits per heavy atom. The molecule has 1 aromatic heterocycles. The van der Waals surface area contributed by atoms with Crippen LogP contribution in [0.4, 0.5) is 15.9 Å². The third-order valence-corrected chi connectivity index (χ3v) is 4.93. The smallest absolute Gasteiger partial charge is 0.221 e. The van der Waals surface area contributed by atoms with E-state index in [0.29, 0.717) is 22.8 Å². The van der Waals surface area contributed by atoms with Gasteiger partial charge < -0.3 is 15.7 Å². The Kier molecular flexibility index (Phi) is 7.60. The quantitative estimate of drug-likeness (QED) is 0.359. The molecule has 0 unspecified atom stereocenters. The topological polar surface area (TPSA) is 74.2 Å². The molecule has 0 saturated heterocycles. The van der Waals surface area contributed by atoms with Gasteiger partial charge in [0, 0.05) is 24.7 Å². The van der Waals surface area contributed by atoms with Crippen molar-refractivity contribution < 1.29 is 14.3 Å². The Hall–Kier alpha value is -3.41. The van der Waals surface area contributed by atoms with Gasteiger partial charge in [-0.1, -0.05) is 38.3 Å². The fourth-order valence-electron chi connectivity index (χ4n) is 3.36. The summed E-state index contributed by atoms with van der Waals surface area (Å²) in [6.07, 6.45) is 4.54. The number of unbranched alkanes of at least 4 members (excludes halogenated alkanes) is 3. The fraction of sp³-hybridized carbons (Fsp3) is 0.280. The van der Waals surface area contributed by atoms with Crippen LogP contribution in [0.5, 0.6) is 5.75 Å². The van der Waals surface area contributed by atoms with E-state index in [-0.39, 0.29) is 11.7 Å². The molecule has 6 heteroatoms. The van der Waals surface area contributed by atoms with Gasteiger partial charge in [0.1, 0.15) is 17.4 Å². The predicted molar refractivity (Wildman–Crippen MR) is 124 cm³/mol. The largest absolute Gasteiger partial charge is 0.507 e. The Morgan fingerprint density at radius 2 is 1.77 bits per heavy atom. The first-order valence-corrected chi connectivity index (χ1v) is 10.6. The standard InChI is InChI=1S/C25H28FN3O2/c1-3-4-5-6-13-27-25-15-19(18-7-10-21(11-8-18)28-17(2)30)14-23(29-25)22-16-20(26)9-12-24(22)31/h7-12,14-16,31H,3-6,13H2,1-2H3,(H,27,29)(H,28,30). The van der Waals surface area contributed by atoms with Crippen molar-refractivity contribution in [2.75, 3.05) is 17.2 Å². The number of nitrogens with one attached hydrogen (secondary N) is 2. The predicted octanol–water partition coefficient (Wildman–Crippen LogP) is 6.21. The molecular formula is C25H28FN3O2. The van der Waals surface area contributed by atoms with E-state index in [0.717, 1.165) is 30.5 Å². The molecule has 1 heterocycles. The molecule has 0 aliphatic carbocycles. The maximum atomic E-state index is 13.8. The molecule has 1 amide bonds. The summed E-state index contributed by atoms with van der Waals surface area (Å²) < 4.78 is 13.8. The molecule has 162 valence electrons. The number of carbonyl (C=O) groups is 1. The van der Waals surface area contributed by atoms with E-state index in [1.807, 2.05) is 36.4 Å². The second-order valence-corrected chi connectivity index (χ2v) is 7.53. The number of carbonyl (C=O) groups excluding carboxylic acids is 1. The summed E-state index contributed by atoms with van der Waals surface area (Å²) in [5.41, 5.74) is 3.33. The van der Waals surface area contributed by atoms with Gasteiger partial charge in [0.2, 0.25) is 5.91 Å². The zero-order chi connectivity index (χ0) is 22.2. The van der Waals surface area contributed by atoms with Gasteiger partial charge in [-0.15, -0.1) is 0 Å². The van der Waals surface area contributed by atoms with E-state index < -0.39 is 5.82 Å². The molecule has 0 bridgehead atoms. The zero-order valence-electron chi connectivity index (χ0n) is 17.9. The van der Waals surface area contributed by atoms with Crippen LogP contribution in [0.3, 0.4) is 0 Å². The molecule has 3 N–H and O–H groups in total. The maximum absolute atomic E-state index is 13.8. The highest BCUT2D eigenvalue weighted by molar-refractivity contribution is 5.89. The number of anilines is 2. The molecule has 3 rings (SSSR count). The molecular weight excluding hydrogens is 393 g/mol. The van der Waals surface area contributed by atoms with Gasteiger partial charge in [-0.25, -0.2) is 9.37 Å². The molecule has 0 radical (unpaired) electrons. The Morgan fingerprint density at radius 1 is 1.00 bits per heavy atom. The summed E-state index contributed by atoms with van der Waals surface area (Å²) in [5.74, 6) is 0.0726. The molecule has 5 nitrogen and oxygen atoms in total. The zero-order valence-corrected chi connectivity index (χ0v) is 17.9. The number of hydrogen-bond donors (Lipinski definition) is 3. The van der Waals surface area contributed by atoms with Crippen molar-refractivity contribution in [3.05, 3.63) is 60.4 Å². The van der Waals surface area contributed by atoms with Crippen LogP contribution in [0.2, 0.25) is 0 Å². The van der Waals surface area contributed by atoms with Crippen molar-refractivity contribution in [1.82, 2.24) is 4.98 Å². The lowest BCUT2D eigenvalue weighted by Gasteiger charge is -2.13. The van der Waals surface area contributed by atoms with E-state index in [4.69, 9.17) is 0 Å². The van der Waals surface area contributed by atoms with Crippen molar-refractivity contribution in [2.24, 2.45) is 0 Å². The highest BCUT2D eigenvalue weighted by Crippen LogP contribution is 2.33. The summed E-state index contributed by atoms with van der Waals surface area (Å²) in [6, 6.07) is 15.1. The first kappa shape index (κ1) is 22.3. The lowest BCUT2D eigenvalue weighted by atomic mass is 10.0. The molecule has 2 aromatic carbocycles. The van der Waals surface area contributed by atoms with Crippen LogP contribution in [-0.4, -0.2) is 22.5 Å². The summed E-state index contributed by atoms with van der Waals surface area (Å²) in [5, 5.41) is 16.4. The first-order valence-electron chi connectivity index (χ1n) is 10.6. The summed E-state index contributed by atoms with van der Waals surface area (Å²) >= 11 is 0. The van der Waals surface area contributed by atoms with Crippen LogP contribution >= 0.6 is 0 Å². The van der Waals surface area contributed by atoms with Crippen molar-refractivity contribution >= 4 is 17.4 Å². The van der Waals surface area contributed by atoms with Crippen molar-refractivity contribution in [3.8, 4) is 28.1 Å². The van der Waals surface area contributed by atoms with Crippen LogP contribution in [0.1, 0.15) is 39.5 Å². The summed E-state index contributed by atoms with van der Waals surface area (Å²) in [4.78, 5) is 15.9. The molecule has 0 atom stereocenters. The van der Waals surface area contributed by atoms with Crippen LogP contribution < -0.4 is 10.6 Å². The van der Waals surface area contributed by atoms with Gasteiger partial charge in [0.25, 0.3) is 0 Å². The minimum atomic E-state index is -0.436. The number of phenols is 1. The highest BCUT2D eigenvalue weighted by atomic mass is 19.1. The van der Waals surface area contributed by atoms with Gasteiger partial charge in [0.05, 0.1) is 5.69 Å². The normalized spacial score (nSPS) is 10.7. The van der Waals surface area contributed by atoms with Crippen LogP contribution in [0.25, 0.3) is 22.4 Å². The Balaban J connectivity index is 1.94. The Bertz CT molecular complexity index is 1040. The number of nitrogens with zero attached hydrogens (tertiary/aromatic N) is 1. The average Bonchev–Trinajstić information content (AvgIpc) is 2.75. The van der Waals surface area contributed by atoms with Gasteiger partial charge in [0.15, 0.2) is 0 Å². The fourth-order valence-corrected chi connectivity index (χ4v) is 3.36. The van der Waals surface area contributed by atoms with E-state index in [1.165, 1.54) is 38.0 Å². The van der Waals surface area contributed by atoms with Crippen molar-refractivity contribution in [1.29, 1.82) is 0 Å². The number of rotatable bonds is 9. The minimum absolute atomic E-state index is 0.0269. The lowest BCUT2D eigenvalue weighted by Crippen LogP contribution is -2.05. The molecule has 0 aliphatic rings. The van der Waals surface area contributed by atoms with Crippen molar-refractivity contribution in [3.63, 3.8) is 0 Å². The van der Waals surface area contributed by atoms with Gasteiger partial charge in [-0.3, -0.25) is 4.79 Å². The van der Waals surface area contributed by atoms with Crippen LogP contribution in [-0.2, 0) is 4.79 Å². The molecule has 0 fully saturated rings. The Labute approximate surface area is 182 Å². The average molecular weight is 422 g/mol. The summed E-state index contributed by atoms with van der Waals surface area (Å²) in [6.45, 7) is 4.42. The third kappa shape index (κ3) is 6.28. The third-order valence-electron chi connectivity index (χ3n) is 4.93. The van der Waals surface area contributed by atoms with E-state index in [2.05, 4.69) is 22.5 Å².